The summed E-state index contributed by atoms with van der Waals surface area (Å²) in [6, 6.07) is 6.36. The molecular formula is C14H20ClN3O2S2. The van der Waals surface area contributed by atoms with Gasteiger partial charge in [0.1, 0.15) is 0 Å². The minimum atomic E-state index is -3.49. The molecule has 2 rings (SSSR count). The number of hydrogen-bond acceptors (Lipinski definition) is 3. The maximum Gasteiger partial charge on any atom is 0.243 e. The zero-order chi connectivity index (χ0) is 16.2. The molecule has 1 N–H and O–H groups in total. The monoisotopic (exact) mass is 361 g/mol. The quantitative estimate of drug-likeness (QED) is 0.830. The number of piperazine rings is 1. The molecule has 0 aliphatic carbocycles. The van der Waals surface area contributed by atoms with E-state index in [1.54, 1.807) is 18.2 Å². The van der Waals surface area contributed by atoms with Gasteiger partial charge in [0.2, 0.25) is 10.0 Å². The van der Waals surface area contributed by atoms with Crippen molar-refractivity contribution in [1.29, 1.82) is 0 Å². The Morgan fingerprint density at radius 1 is 1.32 bits per heavy atom. The number of benzene rings is 1. The van der Waals surface area contributed by atoms with E-state index in [2.05, 4.69) is 12.2 Å². The molecule has 0 unspecified atom stereocenters. The lowest BCUT2D eigenvalue weighted by molar-refractivity contribution is 0.264. The molecule has 8 heteroatoms. The number of sulfonamides is 1. The van der Waals surface area contributed by atoms with Crippen molar-refractivity contribution in [1.82, 2.24) is 14.5 Å². The molecule has 5 nitrogen and oxygen atoms in total. The van der Waals surface area contributed by atoms with Crippen molar-refractivity contribution in [3.63, 3.8) is 0 Å². The van der Waals surface area contributed by atoms with Crippen molar-refractivity contribution in [2.45, 2.75) is 18.2 Å². The summed E-state index contributed by atoms with van der Waals surface area (Å²) in [5.74, 6) is 0. The fourth-order valence-corrected chi connectivity index (χ4v) is 4.26. The second-order valence-electron chi connectivity index (χ2n) is 5.08. The number of hydrogen-bond donors (Lipinski definition) is 1. The van der Waals surface area contributed by atoms with Crippen LogP contribution < -0.4 is 5.32 Å². The Hall–Kier alpha value is -0.890. The highest BCUT2D eigenvalue weighted by molar-refractivity contribution is 7.89. The first-order chi connectivity index (χ1) is 10.4. The summed E-state index contributed by atoms with van der Waals surface area (Å²) in [7, 11) is -3.49. The van der Waals surface area contributed by atoms with Crippen LogP contribution in [-0.4, -0.2) is 55.5 Å². The highest BCUT2D eigenvalue weighted by Crippen LogP contribution is 2.20. The van der Waals surface area contributed by atoms with Gasteiger partial charge in [-0.1, -0.05) is 24.6 Å². The van der Waals surface area contributed by atoms with Gasteiger partial charge in [-0.3, -0.25) is 0 Å². The van der Waals surface area contributed by atoms with E-state index in [0.717, 1.165) is 13.0 Å². The van der Waals surface area contributed by atoms with Gasteiger partial charge >= 0.3 is 0 Å². The van der Waals surface area contributed by atoms with E-state index in [4.69, 9.17) is 23.8 Å². The summed E-state index contributed by atoms with van der Waals surface area (Å²) in [5, 5.41) is 4.28. The van der Waals surface area contributed by atoms with Crippen LogP contribution in [0.4, 0.5) is 0 Å². The molecule has 0 bridgehead atoms. The molecule has 0 aromatic heterocycles. The van der Waals surface area contributed by atoms with Crippen LogP contribution in [0.3, 0.4) is 0 Å². The Labute approximate surface area is 142 Å². The van der Waals surface area contributed by atoms with E-state index in [1.165, 1.54) is 10.4 Å². The second kappa shape index (κ2) is 7.59. The van der Waals surface area contributed by atoms with Gasteiger partial charge < -0.3 is 10.2 Å². The lowest BCUT2D eigenvalue weighted by Gasteiger charge is -2.35. The summed E-state index contributed by atoms with van der Waals surface area (Å²) in [6.07, 6.45) is 1.00. The van der Waals surface area contributed by atoms with Crippen LogP contribution in [0.1, 0.15) is 13.3 Å². The third-order valence-corrected chi connectivity index (χ3v) is 6.02. The number of nitrogens with zero attached hydrogens (tertiary/aromatic N) is 2. The smallest absolute Gasteiger partial charge is 0.243 e. The Balaban J connectivity index is 2.00. The molecule has 1 fully saturated rings. The van der Waals surface area contributed by atoms with Gasteiger partial charge in [-0.25, -0.2) is 8.42 Å². The van der Waals surface area contributed by atoms with Crippen molar-refractivity contribution in [3.05, 3.63) is 29.3 Å². The molecule has 1 heterocycles. The molecule has 0 amide bonds. The molecule has 1 saturated heterocycles. The Morgan fingerprint density at radius 2 is 2.00 bits per heavy atom. The van der Waals surface area contributed by atoms with Crippen LogP contribution in [0.15, 0.2) is 29.2 Å². The van der Waals surface area contributed by atoms with Crippen LogP contribution in [0, 0.1) is 0 Å². The first-order valence-electron chi connectivity index (χ1n) is 7.23. The van der Waals surface area contributed by atoms with E-state index in [9.17, 15) is 8.42 Å². The molecule has 1 aliphatic heterocycles. The maximum absolute atomic E-state index is 12.6. The van der Waals surface area contributed by atoms with E-state index in [-0.39, 0.29) is 4.90 Å². The zero-order valence-electron chi connectivity index (χ0n) is 12.5. The summed E-state index contributed by atoms with van der Waals surface area (Å²) in [6.45, 7) is 4.93. The fraction of sp³-hybridized carbons (Fsp3) is 0.500. The van der Waals surface area contributed by atoms with E-state index < -0.39 is 10.0 Å². The Kier molecular flexibility index (Phi) is 6.02. The van der Waals surface area contributed by atoms with E-state index in [0.29, 0.717) is 36.3 Å². The molecule has 1 aromatic carbocycles. The average molecular weight is 362 g/mol. The van der Waals surface area contributed by atoms with Gasteiger partial charge in [-0.15, -0.1) is 0 Å². The first kappa shape index (κ1) is 17.5. The van der Waals surface area contributed by atoms with Crippen molar-refractivity contribution in [2.24, 2.45) is 0 Å². The molecular weight excluding hydrogens is 342 g/mol. The zero-order valence-corrected chi connectivity index (χ0v) is 14.8. The highest BCUT2D eigenvalue weighted by atomic mass is 35.5. The summed E-state index contributed by atoms with van der Waals surface area (Å²) in [4.78, 5) is 2.25. The van der Waals surface area contributed by atoms with Crippen molar-refractivity contribution >= 4 is 39.0 Å². The van der Waals surface area contributed by atoms with Gasteiger partial charge in [0, 0.05) is 37.7 Å². The molecule has 1 aromatic rings. The molecule has 0 saturated carbocycles. The molecule has 22 heavy (non-hydrogen) atoms. The summed E-state index contributed by atoms with van der Waals surface area (Å²) >= 11 is 11.2. The standard InChI is InChI=1S/C14H20ClN3O2S2/c1-2-6-16-14(21)17-7-9-18(10-8-17)22(19,20)13-5-3-4-12(15)11-13/h3-5,11H,2,6-10H2,1H3,(H,16,21). The Morgan fingerprint density at radius 3 is 2.59 bits per heavy atom. The van der Waals surface area contributed by atoms with Crippen LogP contribution in [0.5, 0.6) is 0 Å². The maximum atomic E-state index is 12.6. The molecule has 122 valence electrons. The van der Waals surface area contributed by atoms with Crippen LogP contribution in [0.25, 0.3) is 0 Å². The summed E-state index contributed by atoms with van der Waals surface area (Å²) in [5.41, 5.74) is 0. The topological polar surface area (TPSA) is 52.6 Å². The highest BCUT2D eigenvalue weighted by Gasteiger charge is 2.29. The van der Waals surface area contributed by atoms with Gasteiger partial charge in [-0.05, 0) is 36.8 Å². The minimum Gasteiger partial charge on any atom is -0.363 e. The molecule has 0 atom stereocenters. The largest absolute Gasteiger partial charge is 0.363 e. The normalized spacial score (nSPS) is 16.5. The summed E-state index contributed by atoms with van der Waals surface area (Å²) < 4.78 is 26.7. The van der Waals surface area contributed by atoms with E-state index >= 15 is 0 Å². The molecule has 1 aliphatic rings. The average Bonchev–Trinajstić information content (AvgIpc) is 2.52. The third-order valence-electron chi connectivity index (χ3n) is 3.49. The lowest BCUT2D eigenvalue weighted by atomic mass is 10.4. The van der Waals surface area contributed by atoms with E-state index in [1.807, 2.05) is 4.90 Å². The third kappa shape index (κ3) is 4.10. The predicted octanol–water partition coefficient (Wildman–Crippen LogP) is 1.93. The fourth-order valence-electron chi connectivity index (χ4n) is 2.25. The van der Waals surface area contributed by atoms with Crippen molar-refractivity contribution in [2.75, 3.05) is 32.7 Å². The van der Waals surface area contributed by atoms with Gasteiger partial charge in [0.15, 0.2) is 5.11 Å². The molecule has 0 spiro atoms. The van der Waals surface area contributed by atoms with Crippen LogP contribution in [-0.2, 0) is 10.0 Å². The van der Waals surface area contributed by atoms with Gasteiger partial charge in [-0.2, -0.15) is 4.31 Å². The van der Waals surface area contributed by atoms with Crippen LogP contribution in [0.2, 0.25) is 5.02 Å². The van der Waals surface area contributed by atoms with Crippen LogP contribution >= 0.6 is 23.8 Å². The van der Waals surface area contributed by atoms with Gasteiger partial charge in [0.25, 0.3) is 0 Å². The van der Waals surface area contributed by atoms with Gasteiger partial charge in [0.05, 0.1) is 4.90 Å². The number of thiocarbonyl (C=S) groups is 1. The number of nitrogens with one attached hydrogen (secondary N) is 1. The number of halogens is 1. The SMILES string of the molecule is CCCNC(=S)N1CCN(S(=O)(=O)c2cccc(Cl)c2)CC1. The predicted molar refractivity (Wildman–Crippen MR) is 92.7 cm³/mol. The Bertz CT molecular complexity index is 629. The molecule has 0 radical (unpaired) electrons. The van der Waals surface area contributed by atoms with Crippen molar-refractivity contribution < 1.29 is 8.42 Å². The lowest BCUT2D eigenvalue weighted by Crippen LogP contribution is -2.53. The number of rotatable bonds is 4. The minimum absolute atomic E-state index is 0.236. The van der Waals surface area contributed by atoms with Crippen molar-refractivity contribution in [3.8, 4) is 0 Å². The second-order valence-corrected chi connectivity index (χ2v) is 7.84. The first-order valence-corrected chi connectivity index (χ1v) is 9.46.